The lowest BCUT2D eigenvalue weighted by Crippen LogP contribution is -2.13. The molecule has 0 fully saturated rings. The van der Waals surface area contributed by atoms with Crippen LogP contribution in [0.5, 0.6) is 0 Å². The van der Waals surface area contributed by atoms with Crippen molar-refractivity contribution in [1.82, 2.24) is 0 Å². The summed E-state index contributed by atoms with van der Waals surface area (Å²) in [6, 6.07) is 6.73. The molecule has 1 aromatic carbocycles. The normalized spacial score (nSPS) is 11.5. The Bertz CT molecular complexity index is 672. The first-order valence-electron chi connectivity index (χ1n) is 8.94. The zero-order valence-electron chi connectivity index (χ0n) is 15.6. The Kier molecular flexibility index (Phi) is 9.90. The van der Waals surface area contributed by atoms with Gasteiger partial charge in [-0.2, -0.15) is 0 Å². The molecule has 146 valence electrons. The average Bonchev–Trinajstić information content (AvgIpc) is 2.64. The van der Waals surface area contributed by atoms with Crippen molar-refractivity contribution in [2.24, 2.45) is 0 Å². The number of hydrogen-bond donors (Lipinski definition) is 1. The van der Waals surface area contributed by atoms with Crippen molar-refractivity contribution in [2.75, 3.05) is 6.61 Å². The Balaban J connectivity index is 2.21. The monoisotopic (exact) mass is 374 g/mol. The molecule has 0 bridgehead atoms. The van der Waals surface area contributed by atoms with Crippen LogP contribution in [0, 0.1) is 0 Å². The summed E-state index contributed by atoms with van der Waals surface area (Å²) in [5, 5.41) is 9.09. The molecular weight excluding hydrogens is 348 g/mol. The SMILES string of the molecule is C=Cc1ccc(C(=O)OCCC(=O)CCC(=O)CCC(=O)CC(C)O)cc1. The quantitative estimate of drug-likeness (QED) is 0.533. The van der Waals surface area contributed by atoms with Gasteiger partial charge in [-0.3, -0.25) is 14.4 Å². The highest BCUT2D eigenvalue weighted by Gasteiger charge is 2.12. The van der Waals surface area contributed by atoms with Crippen molar-refractivity contribution in [3.8, 4) is 0 Å². The molecule has 0 heterocycles. The molecule has 6 nitrogen and oxygen atoms in total. The summed E-state index contributed by atoms with van der Waals surface area (Å²) in [4.78, 5) is 46.8. The predicted octanol–water partition coefficient (Wildman–Crippen LogP) is 2.92. The summed E-state index contributed by atoms with van der Waals surface area (Å²) in [5.74, 6) is -1.01. The van der Waals surface area contributed by atoms with E-state index in [9.17, 15) is 19.2 Å². The lowest BCUT2D eigenvalue weighted by Gasteiger charge is -2.05. The number of aliphatic hydroxyl groups is 1. The van der Waals surface area contributed by atoms with Crippen LogP contribution in [-0.2, 0) is 19.1 Å². The number of ketones is 3. The molecule has 0 radical (unpaired) electrons. The number of hydrogen-bond acceptors (Lipinski definition) is 6. The third-order valence-corrected chi connectivity index (χ3v) is 3.88. The maximum absolute atomic E-state index is 11.9. The molecule has 1 unspecified atom stereocenters. The zero-order valence-corrected chi connectivity index (χ0v) is 15.6. The number of Topliss-reactive ketones (excluding diaryl/α,β-unsaturated/α-hetero) is 3. The van der Waals surface area contributed by atoms with Gasteiger partial charge in [-0.25, -0.2) is 4.79 Å². The summed E-state index contributed by atoms with van der Waals surface area (Å²) < 4.78 is 5.06. The van der Waals surface area contributed by atoms with Crippen molar-refractivity contribution in [2.45, 2.75) is 51.6 Å². The summed E-state index contributed by atoms with van der Waals surface area (Å²) in [6.45, 7) is 5.11. The minimum atomic E-state index is -0.711. The van der Waals surface area contributed by atoms with Gasteiger partial charge in [-0.15, -0.1) is 0 Å². The molecule has 0 amide bonds. The Labute approximate surface area is 159 Å². The van der Waals surface area contributed by atoms with Gasteiger partial charge in [-0.05, 0) is 24.6 Å². The highest BCUT2D eigenvalue weighted by Crippen LogP contribution is 2.08. The number of ether oxygens (including phenoxy) is 1. The Morgan fingerprint density at radius 1 is 0.963 bits per heavy atom. The number of esters is 1. The fourth-order valence-corrected chi connectivity index (χ4v) is 2.34. The van der Waals surface area contributed by atoms with Crippen molar-refractivity contribution in [1.29, 1.82) is 0 Å². The summed E-state index contributed by atoms with van der Waals surface area (Å²) in [6.07, 6.45) is 1.33. The number of rotatable bonds is 13. The van der Waals surface area contributed by atoms with Crippen molar-refractivity contribution < 1.29 is 29.0 Å². The van der Waals surface area contributed by atoms with Crippen LogP contribution in [-0.4, -0.2) is 41.1 Å². The Morgan fingerprint density at radius 2 is 1.48 bits per heavy atom. The molecule has 0 saturated heterocycles. The van der Waals surface area contributed by atoms with E-state index >= 15 is 0 Å². The highest BCUT2D eigenvalue weighted by molar-refractivity contribution is 5.90. The van der Waals surface area contributed by atoms with E-state index < -0.39 is 12.1 Å². The third kappa shape index (κ3) is 9.61. The third-order valence-electron chi connectivity index (χ3n) is 3.88. The molecular formula is C21H26O6. The molecule has 0 aliphatic heterocycles. The molecule has 1 aromatic rings. The predicted molar refractivity (Wildman–Crippen MR) is 101 cm³/mol. The van der Waals surface area contributed by atoms with Crippen LogP contribution in [0.4, 0.5) is 0 Å². The first-order valence-corrected chi connectivity index (χ1v) is 8.94. The van der Waals surface area contributed by atoms with Gasteiger partial charge in [0.2, 0.25) is 0 Å². The topological polar surface area (TPSA) is 97.7 Å². The van der Waals surface area contributed by atoms with E-state index in [4.69, 9.17) is 9.84 Å². The molecule has 0 aliphatic rings. The van der Waals surface area contributed by atoms with Gasteiger partial charge in [0.05, 0.1) is 18.3 Å². The number of carbonyl (C=O) groups is 4. The van der Waals surface area contributed by atoms with E-state index in [1.807, 2.05) is 0 Å². The van der Waals surface area contributed by atoms with E-state index in [2.05, 4.69) is 6.58 Å². The van der Waals surface area contributed by atoms with Crippen LogP contribution in [0.15, 0.2) is 30.8 Å². The number of aliphatic hydroxyl groups excluding tert-OH is 1. The fourth-order valence-electron chi connectivity index (χ4n) is 2.34. The van der Waals surface area contributed by atoms with Gasteiger partial charge < -0.3 is 9.84 Å². The van der Waals surface area contributed by atoms with E-state index in [1.54, 1.807) is 30.3 Å². The fraction of sp³-hybridized carbons (Fsp3) is 0.429. The summed E-state index contributed by atoms with van der Waals surface area (Å²) in [7, 11) is 0. The van der Waals surface area contributed by atoms with E-state index in [0.29, 0.717) is 5.56 Å². The largest absolute Gasteiger partial charge is 0.462 e. The standard InChI is InChI=1S/C21H26O6/c1-3-16-4-6-17(7-5-16)21(26)27-13-12-19(24)9-8-18(23)10-11-20(25)14-15(2)22/h3-7,15,22H,1,8-14H2,2H3. The molecule has 1 rings (SSSR count). The molecule has 0 spiro atoms. The van der Waals surface area contributed by atoms with Crippen molar-refractivity contribution >= 4 is 29.4 Å². The second-order valence-corrected chi connectivity index (χ2v) is 6.38. The molecule has 1 atom stereocenters. The van der Waals surface area contributed by atoms with Gasteiger partial charge in [0.25, 0.3) is 0 Å². The van der Waals surface area contributed by atoms with Gasteiger partial charge in [-0.1, -0.05) is 24.8 Å². The minimum absolute atomic E-state index is 0.0356. The minimum Gasteiger partial charge on any atom is -0.462 e. The Morgan fingerprint density at radius 3 is 2.00 bits per heavy atom. The molecule has 6 heteroatoms. The lowest BCUT2D eigenvalue weighted by atomic mass is 10.0. The van der Waals surface area contributed by atoms with Crippen LogP contribution < -0.4 is 0 Å². The van der Waals surface area contributed by atoms with Crippen LogP contribution in [0.1, 0.15) is 61.4 Å². The lowest BCUT2D eigenvalue weighted by molar-refractivity contribution is -0.126. The van der Waals surface area contributed by atoms with E-state index in [0.717, 1.165) is 5.56 Å². The second-order valence-electron chi connectivity index (χ2n) is 6.38. The van der Waals surface area contributed by atoms with Gasteiger partial charge in [0.15, 0.2) is 0 Å². The smallest absolute Gasteiger partial charge is 0.338 e. The Hall–Kier alpha value is -2.60. The maximum atomic E-state index is 11.9. The van der Waals surface area contributed by atoms with Crippen LogP contribution in [0.2, 0.25) is 0 Å². The van der Waals surface area contributed by atoms with Crippen LogP contribution in [0.3, 0.4) is 0 Å². The molecule has 0 aromatic heterocycles. The molecule has 1 N–H and O–H groups in total. The average molecular weight is 374 g/mol. The number of carbonyl (C=O) groups excluding carboxylic acids is 4. The summed E-state index contributed by atoms with van der Waals surface area (Å²) in [5.41, 5.74) is 1.28. The van der Waals surface area contributed by atoms with Crippen LogP contribution in [0.25, 0.3) is 6.08 Å². The highest BCUT2D eigenvalue weighted by atomic mass is 16.5. The maximum Gasteiger partial charge on any atom is 0.338 e. The first kappa shape index (κ1) is 22.4. The van der Waals surface area contributed by atoms with Gasteiger partial charge >= 0.3 is 5.97 Å². The van der Waals surface area contributed by atoms with Crippen LogP contribution >= 0.6 is 0 Å². The molecule has 27 heavy (non-hydrogen) atoms. The first-order chi connectivity index (χ1) is 12.8. The zero-order chi connectivity index (χ0) is 20.2. The van der Waals surface area contributed by atoms with Gasteiger partial charge in [0.1, 0.15) is 17.3 Å². The van der Waals surface area contributed by atoms with Crippen molar-refractivity contribution in [3.05, 3.63) is 42.0 Å². The number of benzene rings is 1. The van der Waals surface area contributed by atoms with E-state index in [-0.39, 0.29) is 62.5 Å². The molecule has 0 saturated carbocycles. The van der Waals surface area contributed by atoms with Gasteiger partial charge in [0, 0.05) is 38.5 Å². The summed E-state index contributed by atoms with van der Waals surface area (Å²) >= 11 is 0. The molecule has 0 aliphatic carbocycles. The second kappa shape index (κ2) is 11.9. The van der Waals surface area contributed by atoms with Crippen molar-refractivity contribution in [3.63, 3.8) is 0 Å². The van der Waals surface area contributed by atoms with E-state index in [1.165, 1.54) is 6.92 Å².